The second kappa shape index (κ2) is 10.2. The molecule has 2 aromatic carbocycles. The van der Waals surface area contributed by atoms with Crippen molar-refractivity contribution >= 4 is 27.5 Å². The number of amides is 1. The Morgan fingerprint density at radius 1 is 0.897 bits per heavy atom. The van der Waals surface area contributed by atoms with Gasteiger partial charge in [-0.05, 0) is 67.5 Å². The zero-order chi connectivity index (χ0) is 20.7. The molecule has 0 unspecified atom stereocenters. The van der Waals surface area contributed by atoms with Crippen LogP contribution in [-0.2, 0) is 27.7 Å². The van der Waals surface area contributed by atoms with E-state index in [-0.39, 0.29) is 10.8 Å². The maximum Gasteiger partial charge on any atom is 0.240 e. The van der Waals surface area contributed by atoms with Crippen molar-refractivity contribution in [2.45, 2.75) is 43.4 Å². The summed E-state index contributed by atoms with van der Waals surface area (Å²) in [6.07, 6.45) is 5.32. The molecular formula is C22H27ClN2O3S. The molecule has 1 heterocycles. The Morgan fingerprint density at radius 2 is 1.48 bits per heavy atom. The Morgan fingerprint density at radius 3 is 2.10 bits per heavy atom. The van der Waals surface area contributed by atoms with Gasteiger partial charge in [-0.25, -0.2) is 13.1 Å². The zero-order valence-electron chi connectivity index (χ0n) is 16.4. The quantitative estimate of drug-likeness (QED) is 0.687. The molecule has 1 saturated heterocycles. The van der Waals surface area contributed by atoms with Gasteiger partial charge in [-0.15, -0.1) is 0 Å². The fourth-order valence-corrected chi connectivity index (χ4v) is 4.61. The first kappa shape index (κ1) is 21.8. The maximum atomic E-state index is 12.3. The van der Waals surface area contributed by atoms with Gasteiger partial charge in [-0.2, -0.15) is 0 Å². The Hall–Kier alpha value is -1.89. The van der Waals surface area contributed by atoms with Gasteiger partial charge in [-0.3, -0.25) is 4.79 Å². The molecule has 0 aromatic heterocycles. The first-order valence-electron chi connectivity index (χ1n) is 10.0. The van der Waals surface area contributed by atoms with Gasteiger partial charge < -0.3 is 4.90 Å². The van der Waals surface area contributed by atoms with Crippen LogP contribution >= 0.6 is 11.6 Å². The van der Waals surface area contributed by atoms with Crippen LogP contribution in [-0.4, -0.2) is 38.9 Å². The van der Waals surface area contributed by atoms with Gasteiger partial charge in [0, 0.05) is 31.1 Å². The molecule has 1 aliphatic rings. The zero-order valence-corrected chi connectivity index (χ0v) is 18.0. The predicted octanol–water partition coefficient (Wildman–Crippen LogP) is 3.81. The molecule has 156 valence electrons. The van der Waals surface area contributed by atoms with Crippen molar-refractivity contribution in [1.82, 2.24) is 9.62 Å². The van der Waals surface area contributed by atoms with Crippen LogP contribution in [0.5, 0.6) is 0 Å². The monoisotopic (exact) mass is 434 g/mol. The third-order valence-electron chi connectivity index (χ3n) is 5.19. The lowest BCUT2D eigenvalue weighted by molar-refractivity contribution is -0.132. The van der Waals surface area contributed by atoms with Gasteiger partial charge >= 0.3 is 0 Å². The summed E-state index contributed by atoms with van der Waals surface area (Å²) in [4.78, 5) is 14.4. The Balaban J connectivity index is 1.44. The highest BCUT2D eigenvalue weighted by Gasteiger charge is 2.16. The number of piperidine rings is 1. The molecule has 5 nitrogen and oxygen atoms in total. The van der Waals surface area contributed by atoms with Crippen LogP contribution in [0.15, 0.2) is 53.4 Å². The summed E-state index contributed by atoms with van der Waals surface area (Å²) in [5.41, 5.74) is 2.18. The van der Waals surface area contributed by atoms with E-state index in [9.17, 15) is 13.2 Å². The molecular weight excluding hydrogens is 408 g/mol. The number of nitrogens with zero attached hydrogens (tertiary/aromatic N) is 1. The summed E-state index contributed by atoms with van der Waals surface area (Å²) in [5, 5.41) is 0.502. The third kappa shape index (κ3) is 6.56. The number of carbonyl (C=O) groups is 1. The molecule has 1 aliphatic heterocycles. The van der Waals surface area contributed by atoms with Crippen molar-refractivity contribution in [1.29, 1.82) is 0 Å². The predicted molar refractivity (Wildman–Crippen MR) is 116 cm³/mol. The highest BCUT2D eigenvalue weighted by molar-refractivity contribution is 7.89. The van der Waals surface area contributed by atoms with Gasteiger partial charge in [0.05, 0.1) is 4.90 Å². The van der Waals surface area contributed by atoms with Crippen LogP contribution in [0.2, 0.25) is 5.02 Å². The number of aryl methyl sites for hydroxylation is 1. The van der Waals surface area contributed by atoms with E-state index in [4.69, 9.17) is 11.6 Å². The van der Waals surface area contributed by atoms with E-state index in [2.05, 4.69) is 4.72 Å². The van der Waals surface area contributed by atoms with Crippen LogP contribution in [0.4, 0.5) is 0 Å². The fraction of sp³-hybridized carbons (Fsp3) is 0.409. The normalized spacial score (nSPS) is 14.7. The van der Waals surface area contributed by atoms with Crippen molar-refractivity contribution in [2.24, 2.45) is 0 Å². The molecule has 7 heteroatoms. The largest absolute Gasteiger partial charge is 0.343 e. The number of carbonyl (C=O) groups excluding carboxylic acids is 1. The minimum absolute atomic E-state index is 0.204. The van der Waals surface area contributed by atoms with Crippen LogP contribution in [0, 0.1) is 0 Å². The Labute approximate surface area is 178 Å². The number of halogens is 1. The molecule has 2 aromatic rings. The minimum atomic E-state index is -3.54. The Bertz CT molecular complexity index is 906. The number of likely N-dealkylation sites (tertiary alicyclic amines) is 1. The molecule has 0 aliphatic carbocycles. The van der Waals surface area contributed by atoms with Crippen molar-refractivity contribution in [3.63, 3.8) is 0 Å². The molecule has 1 amide bonds. The molecule has 3 rings (SSSR count). The number of nitrogens with one attached hydrogen (secondary N) is 1. The summed E-state index contributed by atoms with van der Waals surface area (Å²) in [5.74, 6) is 0.241. The third-order valence-corrected chi connectivity index (χ3v) is 6.92. The highest BCUT2D eigenvalue weighted by atomic mass is 35.5. The summed E-state index contributed by atoms with van der Waals surface area (Å²) in [7, 11) is -3.54. The second-order valence-electron chi connectivity index (χ2n) is 7.36. The van der Waals surface area contributed by atoms with Crippen LogP contribution in [0.3, 0.4) is 0 Å². The molecule has 0 atom stereocenters. The summed E-state index contributed by atoms with van der Waals surface area (Å²) in [6.45, 7) is 2.10. The van der Waals surface area contributed by atoms with Gasteiger partial charge in [0.15, 0.2) is 0 Å². The van der Waals surface area contributed by atoms with E-state index in [0.717, 1.165) is 43.5 Å². The van der Waals surface area contributed by atoms with Crippen molar-refractivity contribution in [2.75, 3.05) is 19.6 Å². The average Bonchev–Trinajstić information content (AvgIpc) is 2.74. The first-order chi connectivity index (χ1) is 13.9. The van der Waals surface area contributed by atoms with E-state index >= 15 is 0 Å². The standard InChI is InChI=1S/C22H27ClN2O3S/c23-20-9-11-21(12-10-20)29(27,28)24-15-14-19-6-4-18(5-7-19)8-13-22(26)25-16-2-1-3-17-25/h4-7,9-12,24H,1-3,8,13-17H2. The fourth-order valence-electron chi connectivity index (χ4n) is 3.45. The summed E-state index contributed by atoms with van der Waals surface area (Å²) < 4.78 is 27.2. The van der Waals surface area contributed by atoms with Gasteiger partial charge in [0.2, 0.25) is 15.9 Å². The SMILES string of the molecule is O=C(CCc1ccc(CCNS(=O)(=O)c2ccc(Cl)cc2)cc1)N1CCCCC1. The number of hydrogen-bond acceptors (Lipinski definition) is 3. The van der Waals surface area contributed by atoms with Crippen molar-refractivity contribution in [3.8, 4) is 0 Å². The van der Waals surface area contributed by atoms with Gasteiger partial charge in [0.25, 0.3) is 0 Å². The first-order valence-corrected chi connectivity index (χ1v) is 11.9. The molecule has 29 heavy (non-hydrogen) atoms. The molecule has 0 radical (unpaired) electrons. The average molecular weight is 435 g/mol. The molecule has 0 bridgehead atoms. The van der Waals surface area contributed by atoms with Crippen LogP contribution < -0.4 is 4.72 Å². The minimum Gasteiger partial charge on any atom is -0.343 e. The van der Waals surface area contributed by atoms with Gasteiger partial charge in [0.1, 0.15) is 0 Å². The van der Waals surface area contributed by atoms with Crippen LogP contribution in [0.25, 0.3) is 0 Å². The summed E-state index contributed by atoms with van der Waals surface area (Å²) >= 11 is 5.80. The number of sulfonamides is 1. The lowest BCUT2D eigenvalue weighted by atomic mass is 10.0. The lowest BCUT2D eigenvalue weighted by Gasteiger charge is -2.26. The van der Waals surface area contributed by atoms with E-state index in [1.807, 2.05) is 29.2 Å². The number of hydrogen-bond donors (Lipinski definition) is 1. The highest BCUT2D eigenvalue weighted by Crippen LogP contribution is 2.15. The molecule has 1 fully saturated rings. The smallest absolute Gasteiger partial charge is 0.240 e. The maximum absolute atomic E-state index is 12.3. The lowest BCUT2D eigenvalue weighted by Crippen LogP contribution is -2.35. The van der Waals surface area contributed by atoms with E-state index in [0.29, 0.717) is 24.4 Å². The van der Waals surface area contributed by atoms with E-state index in [1.165, 1.54) is 18.6 Å². The van der Waals surface area contributed by atoms with Crippen LogP contribution in [0.1, 0.15) is 36.8 Å². The number of rotatable bonds is 8. The van der Waals surface area contributed by atoms with Gasteiger partial charge in [-0.1, -0.05) is 35.9 Å². The van der Waals surface area contributed by atoms with E-state index < -0.39 is 10.0 Å². The number of benzene rings is 2. The van der Waals surface area contributed by atoms with Crippen molar-refractivity contribution < 1.29 is 13.2 Å². The van der Waals surface area contributed by atoms with E-state index in [1.54, 1.807) is 12.1 Å². The van der Waals surface area contributed by atoms with Crippen molar-refractivity contribution in [3.05, 3.63) is 64.7 Å². The topological polar surface area (TPSA) is 66.5 Å². The molecule has 0 saturated carbocycles. The molecule has 1 N–H and O–H groups in total. The Kier molecular flexibility index (Phi) is 7.70. The molecule has 0 spiro atoms. The summed E-state index contributed by atoms with van der Waals surface area (Å²) in [6, 6.07) is 14.1. The second-order valence-corrected chi connectivity index (χ2v) is 9.56.